The molecule has 1 fully saturated rings. The van der Waals surface area contributed by atoms with Crippen LogP contribution < -0.4 is 5.32 Å². The number of carboxylic acid groups (broad SMARTS) is 1. The van der Waals surface area contributed by atoms with Gasteiger partial charge in [-0.05, 0) is 20.8 Å². The molecule has 2 atom stereocenters. The number of carboxylic acids is 1. The van der Waals surface area contributed by atoms with Crippen molar-refractivity contribution in [3.8, 4) is 0 Å². The summed E-state index contributed by atoms with van der Waals surface area (Å²) in [7, 11) is 0. The third-order valence-corrected chi connectivity index (χ3v) is 4.31. The van der Waals surface area contributed by atoms with Crippen molar-refractivity contribution in [1.82, 2.24) is 15.1 Å². The highest BCUT2D eigenvalue weighted by Crippen LogP contribution is 2.29. The Balaban J connectivity index is 2.78. The van der Waals surface area contributed by atoms with Crippen LogP contribution in [0.2, 0.25) is 0 Å². The molecule has 0 aliphatic carbocycles. The molecule has 1 saturated heterocycles. The van der Waals surface area contributed by atoms with E-state index in [0.717, 1.165) is 0 Å². The number of nitrogens with one attached hydrogen (secondary N) is 1. The number of nitrogens with zero attached hydrogens (tertiary/aromatic N) is 2. The van der Waals surface area contributed by atoms with Gasteiger partial charge in [-0.25, -0.2) is 9.59 Å². The lowest BCUT2D eigenvalue weighted by molar-refractivity contribution is -0.141. The smallest absolute Gasteiger partial charge is 0.327 e. The number of rotatable bonds is 5. The number of carbonyl (C=O) groups is 3. The Labute approximate surface area is 122 Å². The Morgan fingerprint density at radius 1 is 1.40 bits per heavy atom. The van der Waals surface area contributed by atoms with Gasteiger partial charge in [0.25, 0.3) is 0 Å². The number of thioether (sulfide) groups is 1. The van der Waals surface area contributed by atoms with Crippen LogP contribution in [0.5, 0.6) is 0 Å². The molecular formula is C12H21N3O4S. The van der Waals surface area contributed by atoms with E-state index in [1.54, 1.807) is 20.8 Å². The van der Waals surface area contributed by atoms with Crippen molar-refractivity contribution in [3.63, 3.8) is 0 Å². The van der Waals surface area contributed by atoms with Crippen molar-refractivity contribution in [2.45, 2.75) is 32.2 Å². The number of urea groups is 1. The predicted molar refractivity (Wildman–Crippen MR) is 76.5 cm³/mol. The van der Waals surface area contributed by atoms with Crippen molar-refractivity contribution < 1.29 is 19.5 Å². The van der Waals surface area contributed by atoms with Gasteiger partial charge in [0.1, 0.15) is 12.6 Å². The third-order valence-electron chi connectivity index (χ3n) is 3.09. The molecule has 0 bridgehead atoms. The average Bonchev–Trinajstić information content (AvgIpc) is 2.77. The maximum Gasteiger partial charge on any atom is 0.327 e. The summed E-state index contributed by atoms with van der Waals surface area (Å²) in [5.74, 6) is -0.876. The van der Waals surface area contributed by atoms with Gasteiger partial charge in [-0.1, -0.05) is 0 Å². The first-order chi connectivity index (χ1) is 9.42. The molecular weight excluding hydrogens is 282 g/mol. The second kappa shape index (κ2) is 7.37. The van der Waals surface area contributed by atoms with E-state index in [0.29, 0.717) is 18.8 Å². The van der Waals surface area contributed by atoms with E-state index < -0.39 is 18.0 Å². The minimum absolute atomic E-state index is 0.0522. The van der Waals surface area contributed by atoms with E-state index >= 15 is 0 Å². The molecule has 114 valence electrons. The molecule has 20 heavy (non-hydrogen) atoms. The van der Waals surface area contributed by atoms with Crippen LogP contribution in [0.1, 0.15) is 20.8 Å². The summed E-state index contributed by atoms with van der Waals surface area (Å²) < 4.78 is 0. The Morgan fingerprint density at radius 2 is 2.05 bits per heavy atom. The summed E-state index contributed by atoms with van der Waals surface area (Å²) in [6.45, 7) is 6.17. The molecule has 0 spiro atoms. The first-order valence-corrected chi connectivity index (χ1v) is 7.65. The number of carbonyl (C=O) groups excluding carboxylic acids is 2. The van der Waals surface area contributed by atoms with Crippen molar-refractivity contribution in [3.05, 3.63) is 0 Å². The van der Waals surface area contributed by atoms with Crippen LogP contribution in [-0.4, -0.2) is 69.6 Å². The van der Waals surface area contributed by atoms with Crippen LogP contribution in [0.15, 0.2) is 0 Å². The largest absolute Gasteiger partial charge is 0.480 e. The number of hydrogen-bond donors (Lipinski definition) is 2. The zero-order valence-corrected chi connectivity index (χ0v) is 12.8. The summed E-state index contributed by atoms with van der Waals surface area (Å²) in [6, 6.07) is -1.23. The second-order valence-electron chi connectivity index (χ2n) is 4.44. The van der Waals surface area contributed by atoms with Crippen molar-refractivity contribution >= 4 is 29.7 Å². The van der Waals surface area contributed by atoms with Gasteiger partial charge in [0.15, 0.2) is 0 Å². The number of hydrogen-bond acceptors (Lipinski definition) is 4. The molecule has 0 aromatic heterocycles. The zero-order valence-electron chi connectivity index (χ0n) is 12.0. The quantitative estimate of drug-likeness (QED) is 0.768. The summed E-state index contributed by atoms with van der Waals surface area (Å²) >= 11 is 1.42. The molecule has 8 heteroatoms. The highest BCUT2D eigenvalue weighted by Gasteiger charge is 2.41. The SMILES string of the molecule is CCNC(=O)CN(CC)C(=O)N1C(C)SCC1C(=O)O. The van der Waals surface area contributed by atoms with Gasteiger partial charge >= 0.3 is 12.0 Å². The summed E-state index contributed by atoms with van der Waals surface area (Å²) in [5, 5.41) is 11.6. The van der Waals surface area contributed by atoms with Crippen LogP contribution in [-0.2, 0) is 9.59 Å². The van der Waals surface area contributed by atoms with E-state index in [2.05, 4.69) is 5.32 Å². The molecule has 1 heterocycles. The van der Waals surface area contributed by atoms with E-state index in [9.17, 15) is 14.4 Å². The average molecular weight is 303 g/mol. The maximum atomic E-state index is 12.4. The summed E-state index contributed by atoms with van der Waals surface area (Å²) in [4.78, 5) is 37.9. The Morgan fingerprint density at radius 3 is 2.55 bits per heavy atom. The summed E-state index contributed by atoms with van der Waals surface area (Å²) in [6.07, 6.45) is 0. The van der Waals surface area contributed by atoms with Crippen molar-refractivity contribution in [1.29, 1.82) is 0 Å². The van der Waals surface area contributed by atoms with E-state index in [-0.39, 0.29) is 17.8 Å². The van der Waals surface area contributed by atoms with E-state index in [4.69, 9.17) is 5.11 Å². The molecule has 1 aliphatic heterocycles. The molecule has 1 aliphatic rings. The molecule has 3 amide bonds. The number of amides is 3. The Hall–Kier alpha value is -1.44. The lowest BCUT2D eigenvalue weighted by Crippen LogP contribution is -2.53. The van der Waals surface area contributed by atoms with Gasteiger partial charge in [-0.15, -0.1) is 11.8 Å². The van der Waals surface area contributed by atoms with Crippen LogP contribution in [0.25, 0.3) is 0 Å². The predicted octanol–water partition coefficient (Wildman–Crippen LogP) is 0.412. The molecule has 0 radical (unpaired) electrons. The normalized spacial score (nSPS) is 21.6. The molecule has 2 unspecified atom stereocenters. The van der Waals surface area contributed by atoms with Crippen LogP contribution in [0.4, 0.5) is 4.79 Å². The molecule has 2 N–H and O–H groups in total. The highest BCUT2D eigenvalue weighted by atomic mass is 32.2. The monoisotopic (exact) mass is 303 g/mol. The van der Waals surface area contributed by atoms with E-state index in [1.165, 1.54) is 21.6 Å². The van der Waals surface area contributed by atoms with Crippen LogP contribution in [0.3, 0.4) is 0 Å². The third kappa shape index (κ3) is 3.78. The second-order valence-corrected chi connectivity index (χ2v) is 5.79. The Kier molecular flexibility index (Phi) is 6.12. The van der Waals surface area contributed by atoms with Gasteiger partial charge in [0.2, 0.25) is 5.91 Å². The van der Waals surface area contributed by atoms with Gasteiger partial charge < -0.3 is 15.3 Å². The fourth-order valence-electron chi connectivity index (χ4n) is 2.03. The number of aliphatic carboxylic acids is 1. The standard InChI is InChI=1S/C12H21N3O4S/c1-4-13-10(16)6-14(5-2)12(19)15-8(3)20-7-9(15)11(17)18/h8-9H,4-7H2,1-3H3,(H,13,16)(H,17,18). The molecule has 1 rings (SSSR count). The number of likely N-dealkylation sites (N-methyl/N-ethyl adjacent to an activating group) is 2. The maximum absolute atomic E-state index is 12.4. The highest BCUT2D eigenvalue weighted by molar-refractivity contribution is 8.00. The lowest BCUT2D eigenvalue weighted by atomic mass is 10.3. The van der Waals surface area contributed by atoms with Crippen LogP contribution >= 0.6 is 11.8 Å². The van der Waals surface area contributed by atoms with Gasteiger partial charge in [0.05, 0.1) is 5.37 Å². The molecule has 0 aromatic carbocycles. The first kappa shape index (κ1) is 16.6. The minimum atomic E-state index is -1.01. The Bertz CT molecular complexity index is 391. The fourth-order valence-corrected chi connectivity index (χ4v) is 3.19. The summed E-state index contributed by atoms with van der Waals surface area (Å²) in [5.41, 5.74) is 0. The van der Waals surface area contributed by atoms with Crippen molar-refractivity contribution in [2.75, 3.05) is 25.4 Å². The lowest BCUT2D eigenvalue weighted by Gasteiger charge is -2.31. The van der Waals surface area contributed by atoms with Gasteiger partial charge in [0, 0.05) is 18.8 Å². The van der Waals surface area contributed by atoms with Crippen LogP contribution in [0, 0.1) is 0 Å². The van der Waals surface area contributed by atoms with Crippen molar-refractivity contribution in [2.24, 2.45) is 0 Å². The fraction of sp³-hybridized carbons (Fsp3) is 0.750. The topological polar surface area (TPSA) is 90.0 Å². The van der Waals surface area contributed by atoms with Gasteiger partial charge in [-0.2, -0.15) is 0 Å². The molecule has 0 aromatic rings. The minimum Gasteiger partial charge on any atom is -0.480 e. The van der Waals surface area contributed by atoms with Gasteiger partial charge in [-0.3, -0.25) is 9.69 Å². The first-order valence-electron chi connectivity index (χ1n) is 6.60. The van der Waals surface area contributed by atoms with E-state index in [1.807, 2.05) is 0 Å². The molecule has 7 nitrogen and oxygen atoms in total. The zero-order chi connectivity index (χ0) is 15.3. The molecule has 0 saturated carbocycles.